The molecule has 36 heavy (non-hydrogen) atoms. The number of para-hydroxylation sites is 1. The Balaban J connectivity index is 1.38. The molecule has 0 bridgehead atoms. The minimum absolute atomic E-state index is 0.101. The summed E-state index contributed by atoms with van der Waals surface area (Å²) in [5.41, 5.74) is 2.40. The van der Waals surface area contributed by atoms with Gasteiger partial charge >= 0.3 is 0 Å². The minimum atomic E-state index is -0.528. The van der Waals surface area contributed by atoms with Crippen molar-refractivity contribution in [3.05, 3.63) is 83.9 Å². The second-order valence-electron chi connectivity index (χ2n) is 8.40. The molecule has 2 N–H and O–H groups in total. The average Bonchev–Trinajstić information content (AvgIpc) is 3.30. The van der Waals surface area contributed by atoms with E-state index in [0.717, 1.165) is 11.3 Å². The van der Waals surface area contributed by atoms with Crippen molar-refractivity contribution in [2.45, 2.75) is 19.9 Å². The number of rotatable bonds is 9. The van der Waals surface area contributed by atoms with E-state index >= 15 is 0 Å². The van der Waals surface area contributed by atoms with Gasteiger partial charge in [-0.15, -0.1) is 0 Å². The van der Waals surface area contributed by atoms with E-state index in [2.05, 4.69) is 10.6 Å². The zero-order chi connectivity index (χ0) is 25.5. The van der Waals surface area contributed by atoms with Crippen LogP contribution in [0.1, 0.15) is 29.3 Å². The molecule has 4 rings (SSSR count). The lowest BCUT2D eigenvalue weighted by Gasteiger charge is -2.17. The van der Waals surface area contributed by atoms with Crippen LogP contribution in [-0.4, -0.2) is 38.0 Å². The molecule has 8 nitrogen and oxygen atoms in total. The van der Waals surface area contributed by atoms with Gasteiger partial charge in [0, 0.05) is 25.2 Å². The largest absolute Gasteiger partial charge is 0.497 e. The summed E-state index contributed by atoms with van der Waals surface area (Å²) in [6.45, 7) is 3.11. The Bertz CT molecular complexity index is 1220. The SMILES string of the molecule is CCOc1ccc(CNC(=O)c2ccccc2NC(=O)[C@H]2CC(=O)N(c3ccc(OC)cc3)C2)cc1. The van der Waals surface area contributed by atoms with Crippen molar-refractivity contribution in [3.63, 3.8) is 0 Å². The zero-order valence-corrected chi connectivity index (χ0v) is 20.3. The number of carbonyl (C=O) groups is 3. The molecule has 0 aromatic heterocycles. The second-order valence-corrected chi connectivity index (χ2v) is 8.40. The van der Waals surface area contributed by atoms with Crippen LogP contribution >= 0.6 is 0 Å². The third-order valence-electron chi connectivity index (χ3n) is 6.00. The first-order valence-electron chi connectivity index (χ1n) is 11.8. The quantitative estimate of drug-likeness (QED) is 0.475. The summed E-state index contributed by atoms with van der Waals surface area (Å²) in [7, 11) is 1.58. The molecule has 1 heterocycles. The van der Waals surface area contributed by atoms with Gasteiger partial charge in [-0.3, -0.25) is 14.4 Å². The van der Waals surface area contributed by atoms with E-state index in [-0.39, 0.29) is 30.7 Å². The molecule has 1 aliphatic rings. The minimum Gasteiger partial charge on any atom is -0.497 e. The van der Waals surface area contributed by atoms with Gasteiger partial charge < -0.3 is 25.0 Å². The maximum Gasteiger partial charge on any atom is 0.253 e. The highest BCUT2D eigenvalue weighted by Crippen LogP contribution is 2.28. The van der Waals surface area contributed by atoms with E-state index in [1.807, 2.05) is 31.2 Å². The average molecular weight is 488 g/mol. The van der Waals surface area contributed by atoms with E-state index in [1.54, 1.807) is 60.5 Å². The molecule has 1 saturated heterocycles. The Kier molecular flexibility index (Phi) is 7.85. The molecular weight excluding hydrogens is 458 g/mol. The number of nitrogens with one attached hydrogen (secondary N) is 2. The molecule has 0 aliphatic carbocycles. The number of methoxy groups -OCH3 is 1. The van der Waals surface area contributed by atoms with E-state index in [1.165, 1.54) is 0 Å². The number of amides is 3. The predicted octanol–water partition coefficient (Wildman–Crippen LogP) is 4.02. The van der Waals surface area contributed by atoms with E-state index in [4.69, 9.17) is 9.47 Å². The first-order valence-corrected chi connectivity index (χ1v) is 11.8. The molecule has 1 fully saturated rings. The summed E-state index contributed by atoms with van der Waals surface area (Å²) in [5.74, 6) is 0.211. The Labute approximate surface area is 210 Å². The van der Waals surface area contributed by atoms with Crippen LogP contribution in [0.15, 0.2) is 72.8 Å². The lowest BCUT2D eigenvalue weighted by atomic mass is 10.1. The van der Waals surface area contributed by atoms with Gasteiger partial charge in [-0.1, -0.05) is 24.3 Å². The maximum atomic E-state index is 13.0. The number of ether oxygens (including phenoxy) is 2. The fraction of sp³-hybridized carbons (Fsp3) is 0.250. The standard InChI is InChI=1S/C28H29N3O5/c1-3-36-23-12-8-19(9-13-23)17-29-28(34)24-6-4-5-7-25(24)30-27(33)20-16-26(32)31(18-20)21-10-14-22(35-2)15-11-21/h4-15,20H,3,16-18H2,1-2H3,(H,29,34)(H,30,33)/t20-/m0/s1. The summed E-state index contributed by atoms with van der Waals surface area (Å²) >= 11 is 0. The fourth-order valence-electron chi connectivity index (χ4n) is 4.07. The number of hydrogen-bond acceptors (Lipinski definition) is 5. The Morgan fingerprint density at radius 3 is 2.36 bits per heavy atom. The molecule has 3 aromatic rings. The van der Waals surface area contributed by atoms with Gasteiger partial charge in [-0.05, 0) is 61.0 Å². The van der Waals surface area contributed by atoms with Gasteiger partial charge in [-0.2, -0.15) is 0 Å². The predicted molar refractivity (Wildman–Crippen MR) is 137 cm³/mol. The van der Waals surface area contributed by atoms with Gasteiger partial charge in [0.2, 0.25) is 11.8 Å². The monoisotopic (exact) mass is 487 g/mol. The van der Waals surface area contributed by atoms with Gasteiger partial charge in [0.05, 0.1) is 30.9 Å². The van der Waals surface area contributed by atoms with Crippen molar-refractivity contribution < 1.29 is 23.9 Å². The van der Waals surface area contributed by atoms with Crippen LogP contribution in [0.2, 0.25) is 0 Å². The number of benzene rings is 3. The van der Waals surface area contributed by atoms with Crippen molar-refractivity contribution in [1.82, 2.24) is 5.32 Å². The molecule has 0 radical (unpaired) electrons. The third kappa shape index (κ3) is 5.83. The molecule has 3 amide bonds. The van der Waals surface area contributed by atoms with Crippen LogP contribution < -0.4 is 25.0 Å². The summed E-state index contributed by atoms with van der Waals surface area (Å²) in [6, 6.07) is 21.5. The number of hydrogen-bond donors (Lipinski definition) is 2. The highest BCUT2D eigenvalue weighted by molar-refractivity contribution is 6.07. The van der Waals surface area contributed by atoms with Crippen molar-refractivity contribution in [3.8, 4) is 11.5 Å². The number of carbonyl (C=O) groups excluding carboxylic acids is 3. The molecule has 1 atom stereocenters. The summed E-state index contributed by atoms with van der Waals surface area (Å²) in [4.78, 5) is 40.1. The van der Waals surface area contributed by atoms with Gasteiger partial charge in [-0.25, -0.2) is 0 Å². The van der Waals surface area contributed by atoms with Crippen LogP contribution in [0.4, 0.5) is 11.4 Å². The van der Waals surface area contributed by atoms with Crippen LogP contribution in [0.25, 0.3) is 0 Å². The van der Waals surface area contributed by atoms with Crippen molar-refractivity contribution in [2.75, 3.05) is 30.5 Å². The third-order valence-corrected chi connectivity index (χ3v) is 6.00. The normalized spacial score (nSPS) is 14.9. The van der Waals surface area contributed by atoms with Crippen LogP contribution in [0, 0.1) is 5.92 Å². The molecule has 0 saturated carbocycles. The van der Waals surface area contributed by atoms with E-state index < -0.39 is 5.92 Å². The summed E-state index contributed by atoms with van der Waals surface area (Å²) < 4.78 is 10.6. The van der Waals surface area contributed by atoms with E-state index in [9.17, 15) is 14.4 Å². The molecule has 0 spiro atoms. The summed E-state index contributed by atoms with van der Waals surface area (Å²) in [5, 5.41) is 5.74. The molecule has 3 aromatic carbocycles. The lowest BCUT2D eigenvalue weighted by molar-refractivity contribution is -0.122. The highest BCUT2D eigenvalue weighted by atomic mass is 16.5. The first-order chi connectivity index (χ1) is 17.5. The van der Waals surface area contributed by atoms with Crippen molar-refractivity contribution in [2.24, 2.45) is 5.92 Å². The lowest BCUT2D eigenvalue weighted by Crippen LogP contribution is -2.29. The Morgan fingerprint density at radius 1 is 0.972 bits per heavy atom. The molecule has 0 unspecified atom stereocenters. The molecule has 8 heteroatoms. The van der Waals surface area contributed by atoms with Crippen molar-refractivity contribution >= 4 is 29.1 Å². The van der Waals surface area contributed by atoms with Crippen LogP contribution in [0.3, 0.4) is 0 Å². The fourth-order valence-corrected chi connectivity index (χ4v) is 4.07. The molecular formula is C28H29N3O5. The Hall–Kier alpha value is -4.33. The van der Waals surface area contributed by atoms with Gasteiger partial charge in [0.25, 0.3) is 5.91 Å². The first kappa shape index (κ1) is 24.8. The highest BCUT2D eigenvalue weighted by Gasteiger charge is 2.35. The van der Waals surface area contributed by atoms with Gasteiger partial charge in [0.15, 0.2) is 0 Å². The van der Waals surface area contributed by atoms with Crippen LogP contribution in [0.5, 0.6) is 11.5 Å². The van der Waals surface area contributed by atoms with Crippen LogP contribution in [-0.2, 0) is 16.1 Å². The van der Waals surface area contributed by atoms with Crippen molar-refractivity contribution in [1.29, 1.82) is 0 Å². The van der Waals surface area contributed by atoms with Gasteiger partial charge in [0.1, 0.15) is 11.5 Å². The number of anilines is 2. The number of nitrogens with zero attached hydrogens (tertiary/aromatic N) is 1. The smallest absolute Gasteiger partial charge is 0.253 e. The van der Waals surface area contributed by atoms with E-state index in [0.29, 0.717) is 35.8 Å². The zero-order valence-electron chi connectivity index (χ0n) is 20.3. The maximum absolute atomic E-state index is 13.0. The molecule has 186 valence electrons. The second kappa shape index (κ2) is 11.4. The Morgan fingerprint density at radius 2 is 1.67 bits per heavy atom. The topological polar surface area (TPSA) is 97.0 Å². The molecule has 1 aliphatic heterocycles. The summed E-state index contributed by atoms with van der Waals surface area (Å²) in [6.07, 6.45) is 0.101.